The number of hydrogen-bond donors (Lipinski definition) is 1. The molecule has 0 unspecified atom stereocenters. The molecule has 1 atom stereocenters. The van der Waals surface area contributed by atoms with Crippen molar-refractivity contribution < 1.29 is 9.53 Å². The van der Waals surface area contributed by atoms with Gasteiger partial charge in [0.05, 0.1) is 12.0 Å². The molecule has 0 bridgehead atoms. The lowest BCUT2D eigenvalue weighted by Crippen LogP contribution is -2.43. The molecular formula is C21H27N3O2. The number of benzene rings is 1. The first-order chi connectivity index (χ1) is 12.6. The number of piperidine rings is 1. The Labute approximate surface area is 155 Å². The monoisotopic (exact) mass is 353 g/mol. The molecular weight excluding hydrogens is 326 g/mol. The lowest BCUT2D eigenvalue weighted by atomic mass is 9.96. The second-order valence-electron chi connectivity index (χ2n) is 7.02. The minimum atomic E-state index is 0.0282. The van der Waals surface area contributed by atoms with Gasteiger partial charge in [0.25, 0.3) is 0 Å². The Kier molecular flexibility index (Phi) is 6.10. The van der Waals surface area contributed by atoms with Crippen molar-refractivity contribution in [1.29, 1.82) is 0 Å². The Bertz CT molecular complexity index is 701. The summed E-state index contributed by atoms with van der Waals surface area (Å²) in [6.07, 6.45) is 5.73. The summed E-state index contributed by atoms with van der Waals surface area (Å²) in [6.45, 7) is 6.32. The van der Waals surface area contributed by atoms with E-state index in [-0.39, 0.29) is 17.9 Å². The average Bonchev–Trinajstić information content (AvgIpc) is 2.67. The number of aromatic nitrogens is 1. The van der Waals surface area contributed by atoms with E-state index in [0.717, 1.165) is 42.9 Å². The van der Waals surface area contributed by atoms with E-state index in [1.54, 1.807) is 12.4 Å². The standard InChI is InChI=1S/C21H27N3O2/c1-16(2)26-20-7-5-17(6-8-20)14-23-21(25)18-4-3-13-24(15-18)19-9-11-22-12-10-19/h5-12,16,18H,3-4,13-15H2,1-2H3,(H,23,25)/t18-/m0/s1. The summed E-state index contributed by atoms with van der Waals surface area (Å²) >= 11 is 0. The van der Waals surface area contributed by atoms with Gasteiger partial charge in [-0.05, 0) is 56.5 Å². The highest BCUT2D eigenvalue weighted by molar-refractivity contribution is 5.79. The minimum absolute atomic E-state index is 0.0282. The number of nitrogens with zero attached hydrogens (tertiary/aromatic N) is 2. The lowest BCUT2D eigenvalue weighted by Gasteiger charge is -2.33. The minimum Gasteiger partial charge on any atom is -0.491 e. The van der Waals surface area contributed by atoms with Gasteiger partial charge in [0.1, 0.15) is 5.75 Å². The highest BCUT2D eigenvalue weighted by atomic mass is 16.5. The Balaban J connectivity index is 1.51. The van der Waals surface area contributed by atoms with Crippen LogP contribution in [0, 0.1) is 5.92 Å². The summed E-state index contributed by atoms with van der Waals surface area (Å²) in [5.74, 6) is 1.02. The summed E-state index contributed by atoms with van der Waals surface area (Å²) < 4.78 is 5.65. The van der Waals surface area contributed by atoms with Crippen LogP contribution in [0.3, 0.4) is 0 Å². The zero-order chi connectivity index (χ0) is 18.4. The van der Waals surface area contributed by atoms with Crippen molar-refractivity contribution in [3.05, 3.63) is 54.4 Å². The van der Waals surface area contributed by atoms with Gasteiger partial charge in [-0.1, -0.05) is 12.1 Å². The Morgan fingerprint density at radius 2 is 1.96 bits per heavy atom. The third-order valence-corrected chi connectivity index (χ3v) is 4.58. The molecule has 1 aliphatic heterocycles. The fourth-order valence-electron chi connectivity index (χ4n) is 3.27. The molecule has 138 valence electrons. The van der Waals surface area contributed by atoms with Crippen LogP contribution >= 0.6 is 0 Å². The Morgan fingerprint density at radius 1 is 1.23 bits per heavy atom. The summed E-state index contributed by atoms with van der Waals surface area (Å²) in [7, 11) is 0. The van der Waals surface area contributed by atoms with Crippen molar-refractivity contribution in [3.8, 4) is 5.75 Å². The number of amides is 1. The first kappa shape index (κ1) is 18.2. The van der Waals surface area contributed by atoms with Gasteiger partial charge in [0, 0.05) is 37.7 Å². The topological polar surface area (TPSA) is 54.5 Å². The molecule has 1 N–H and O–H groups in total. The van der Waals surface area contributed by atoms with E-state index < -0.39 is 0 Å². The largest absolute Gasteiger partial charge is 0.491 e. The summed E-state index contributed by atoms with van der Waals surface area (Å²) in [6, 6.07) is 11.9. The third kappa shape index (κ3) is 4.97. The van der Waals surface area contributed by atoms with Crippen LogP contribution in [0.25, 0.3) is 0 Å². The van der Waals surface area contributed by atoms with Gasteiger partial charge in [0.2, 0.25) is 5.91 Å². The van der Waals surface area contributed by atoms with Crippen molar-refractivity contribution in [3.63, 3.8) is 0 Å². The lowest BCUT2D eigenvalue weighted by molar-refractivity contribution is -0.125. The second kappa shape index (κ2) is 8.70. The second-order valence-corrected chi connectivity index (χ2v) is 7.02. The summed E-state index contributed by atoms with van der Waals surface area (Å²) in [5.41, 5.74) is 2.22. The van der Waals surface area contributed by atoms with E-state index in [9.17, 15) is 4.79 Å². The van der Waals surface area contributed by atoms with Crippen LogP contribution in [0.4, 0.5) is 5.69 Å². The Morgan fingerprint density at radius 3 is 2.65 bits per heavy atom. The van der Waals surface area contributed by atoms with Crippen LogP contribution in [0.1, 0.15) is 32.3 Å². The predicted octanol–water partition coefficient (Wildman–Crippen LogP) is 3.40. The maximum atomic E-state index is 12.6. The van der Waals surface area contributed by atoms with Gasteiger partial charge in [-0.25, -0.2) is 0 Å². The first-order valence-corrected chi connectivity index (χ1v) is 9.30. The normalized spacial score (nSPS) is 17.2. The molecule has 3 rings (SSSR count). The number of hydrogen-bond acceptors (Lipinski definition) is 4. The predicted molar refractivity (Wildman–Crippen MR) is 103 cm³/mol. The van der Waals surface area contributed by atoms with Gasteiger partial charge in [-0.3, -0.25) is 9.78 Å². The maximum Gasteiger partial charge on any atom is 0.225 e. The Hall–Kier alpha value is -2.56. The molecule has 1 aromatic heterocycles. The molecule has 0 saturated carbocycles. The van der Waals surface area contributed by atoms with Crippen LogP contribution in [-0.4, -0.2) is 30.1 Å². The SMILES string of the molecule is CC(C)Oc1ccc(CNC(=O)[C@H]2CCCN(c3ccncc3)C2)cc1. The van der Waals surface area contributed by atoms with Crippen LogP contribution in [-0.2, 0) is 11.3 Å². The number of anilines is 1. The molecule has 5 heteroatoms. The molecule has 1 saturated heterocycles. The van der Waals surface area contributed by atoms with E-state index in [4.69, 9.17) is 4.74 Å². The number of carbonyl (C=O) groups excluding carboxylic acids is 1. The zero-order valence-electron chi connectivity index (χ0n) is 15.5. The molecule has 26 heavy (non-hydrogen) atoms. The van der Waals surface area contributed by atoms with Crippen LogP contribution in [0.15, 0.2) is 48.8 Å². The van der Waals surface area contributed by atoms with Gasteiger partial charge >= 0.3 is 0 Å². The highest BCUT2D eigenvalue weighted by Gasteiger charge is 2.25. The number of nitrogens with one attached hydrogen (secondary N) is 1. The summed E-state index contributed by atoms with van der Waals surface area (Å²) in [4.78, 5) is 18.9. The number of pyridine rings is 1. The molecule has 1 aromatic carbocycles. The quantitative estimate of drug-likeness (QED) is 0.865. The van der Waals surface area contributed by atoms with Gasteiger partial charge < -0.3 is 15.0 Å². The van der Waals surface area contributed by atoms with Gasteiger partial charge in [-0.2, -0.15) is 0 Å². The van der Waals surface area contributed by atoms with Crippen molar-refractivity contribution in [2.45, 2.75) is 39.3 Å². The number of rotatable bonds is 6. The average molecular weight is 353 g/mol. The smallest absolute Gasteiger partial charge is 0.225 e. The van der Waals surface area contributed by atoms with E-state index in [0.29, 0.717) is 6.54 Å². The van der Waals surface area contributed by atoms with Crippen molar-refractivity contribution in [1.82, 2.24) is 10.3 Å². The van der Waals surface area contributed by atoms with Gasteiger partial charge in [-0.15, -0.1) is 0 Å². The molecule has 0 spiro atoms. The van der Waals surface area contributed by atoms with E-state index >= 15 is 0 Å². The number of carbonyl (C=O) groups is 1. The van der Waals surface area contributed by atoms with Crippen LogP contribution in [0.5, 0.6) is 5.75 Å². The van der Waals surface area contributed by atoms with Crippen molar-refractivity contribution in [2.24, 2.45) is 5.92 Å². The van der Waals surface area contributed by atoms with Gasteiger partial charge in [0.15, 0.2) is 0 Å². The van der Waals surface area contributed by atoms with Crippen LogP contribution < -0.4 is 15.0 Å². The third-order valence-electron chi connectivity index (χ3n) is 4.58. The molecule has 5 nitrogen and oxygen atoms in total. The van der Waals surface area contributed by atoms with E-state index in [1.165, 1.54) is 0 Å². The van der Waals surface area contributed by atoms with E-state index in [2.05, 4.69) is 15.2 Å². The molecule has 1 amide bonds. The molecule has 1 aliphatic rings. The molecule has 1 fully saturated rings. The maximum absolute atomic E-state index is 12.6. The molecule has 0 aliphatic carbocycles. The fourth-order valence-corrected chi connectivity index (χ4v) is 3.27. The molecule has 0 radical (unpaired) electrons. The first-order valence-electron chi connectivity index (χ1n) is 9.30. The summed E-state index contributed by atoms with van der Waals surface area (Å²) in [5, 5.41) is 3.08. The zero-order valence-corrected chi connectivity index (χ0v) is 15.5. The van der Waals surface area contributed by atoms with E-state index in [1.807, 2.05) is 50.2 Å². The highest BCUT2D eigenvalue weighted by Crippen LogP contribution is 2.23. The fraction of sp³-hybridized carbons (Fsp3) is 0.429. The van der Waals surface area contributed by atoms with Crippen LogP contribution in [0.2, 0.25) is 0 Å². The molecule has 2 aromatic rings. The molecule has 2 heterocycles. The number of ether oxygens (including phenoxy) is 1. The van der Waals surface area contributed by atoms with Crippen molar-refractivity contribution >= 4 is 11.6 Å². The van der Waals surface area contributed by atoms with Crippen molar-refractivity contribution in [2.75, 3.05) is 18.0 Å².